The van der Waals surface area contributed by atoms with Gasteiger partial charge in [-0.05, 0) is 50.2 Å². The molecule has 0 aromatic heterocycles. The zero-order chi connectivity index (χ0) is 17.8. The molecule has 24 heavy (non-hydrogen) atoms. The lowest BCUT2D eigenvalue weighted by Gasteiger charge is -2.23. The van der Waals surface area contributed by atoms with E-state index in [1.54, 1.807) is 24.3 Å². The third-order valence-corrected chi connectivity index (χ3v) is 5.23. The van der Waals surface area contributed by atoms with Crippen LogP contribution in [0, 0.1) is 11.3 Å². The monoisotopic (exact) mass is 352 g/mol. The normalized spacial score (nSPS) is 13.5. The number of aliphatic hydroxyl groups is 1. The van der Waals surface area contributed by atoms with E-state index in [1.165, 1.54) is 0 Å². The highest BCUT2D eigenvalue weighted by molar-refractivity contribution is 7.84. The van der Waals surface area contributed by atoms with Crippen LogP contribution in [0.3, 0.4) is 0 Å². The molecule has 0 fully saturated rings. The van der Waals surface area contributed by atoms with Crippen molar-refractivity contribution in [2.24, 2.45) is 0 Å². The summed E-state index contributed by atoms with van der Waals surface area (Å²) in [6, 6.07) is 8.89. The minimum absolute atomic E-state index is 0.212. The molecule has 1 aromatic rings. The number of ether oxygens (including phenoxy) is 1. The van der Waals surface area contributed by atoms with E-state index >= 15 is 0 Å². The van der Waals surface area contributed by atoms with E-state index in [0.29, 0.717) is 17.9 Å². The van der Waals surface area contributed by atoms with Gasteiger partial charge in [0.25, 0.3) is 0 Å². The van der Waals surface area contributed by atoms with Gasteiger partial charge in [0, 0.05) is 28.9 Å². The average molecular weight is 353 g/mol. The highest BCUT2D eigenvalue weighted by atomic mass is 32.2. The summed E-state index contributed by atoms with van der Waals surface area (Å²) in [5.41, 5.74) is 0.584. The van der Waals surface area contributed by atoms with Crippen molar-refractivity contribution in [2.75, 3.05) is 37.7 Å². The van der Waals surface area contributed by atoms with Crippen LogP contribution in [-0.2, 0) is 10.8 Å². The Balaban J connectivity index is 2.28. The summed E-state index contributed by atoms with van der Waals surface area (Å²) in [7, 11) is -0.719. The highest BCUT2D eigenvalue weighted by Gasteiger charge is 2.11. The largest absolute Gasteiger partial charge is 0.491 e. The molecule has 1 rings (SSSR count). The molecule has 6 heteroatoms. The van der Waals surface area contributed by atoms with Gasteiger partial charge < -0.3 is 14.7 Å². The van der Waals surface area contributed by atoms with Gasteiger partial charge in [-0.25, -0.2) is 0 Å². The van der Waals surface area contributed by atoms with Crippen molar-refractivity contribution in [3.05, 3.63) is 29.8 Å². The zero-order valence-corrected chi connectivity index (χ0v) is 15.4. The lowest BCUT2D eigenvalue weighted by atomic mass is 10.2. The lowest BCUT2D eigenvalue weighted by Crippen LogP contribution is -2.36. The Hall–Kier alpha value is -1.42. The minimum Gasteiger partial charge on any atom is -0.491 e. The van der Waals surface area contributed by atoms with Crippen molar-refractivity contribution in [2.45, 2.75) is 32.8 Å². The molecule has 0 radical (unpaired) electrons. The maximum Gasteiger partial charge on any atom is 0.119 e. The number of likely N-dealkylation sites (N-methyl/N-ethyl adjacent to an activating group) is 1. The fourth-order valence-corrected chi connectivity index (χ4v) is 3.44. The smallest absolute Gasteiger partial charge is 0.119 e. The van der Waals surface area contributed by atoms with Gasteiger partial charge in [0.2, 0.25) is 0 Å². The van der Waals surface area contributed by atoms with E-state index in [1.807, 2.05) is 6.92 Å². The predicted octanol–water partition coefficient (Wildman–Crippen LogP) is 2.17. The Morgan fingerprint density at radius 3 is 2.58 bits per heavy atom. The van der Waals surface area contributed by atoms with Gasteiger partial charge in [0.1, 0.15) is 18.5 Å². The average Bonchev–Trinajstić information content (AvgIpc) is 2.59. The van der Waals surface area contributed by atoms with Crippen molar-refractivity contribution in [1.29, 1.82) is 5.26 Å². The van der Waals surface area contributed by atoms with Crippen molar-refractivity contribution >= 4 is 10.8 Å². The second-order valence-corrected chi connectivity index (χ2v) is 7.39. The Morgan fingerprint density at radius 2 is 2.00 bits per heavy atom. The number of rotatable bonds is 12. The van der Waals surface area contributed by atoms with Crippen LogP contribution in [0.25, 0.3) is 0 Å². The molecular formula is C18H28N2O3S. The molecule has 2 atom stereocenters. The molecule has 0 saturated carbocycles. The molecule has 0 heterocycles. The van der Waals surface area contributed by atoms with E-state index in [2.05, 4.69) is 17.9 Å². The first kappa shape index (κ1) is 20.6. The molecule has 0 spiro atoms. The first-order chi connectivity index (χ1) is 11.6. The van der Waals surface area contributed by atoms with Crippen molar-refractivity contribution < 1.29 is 14.1 Å². The van der Waals surface area contributed by atoms with Crippen LogP contribution in [0.5, 0.6) is 5.75 Å². The quantitative estimate of drug-likeness (QED) is 0.624. The Kier molecular flexibility index (Phi) is 10.3. The third-order valence-electron chi connectivity index (χ3n) is 3.62. The maximum atomic E-state index is 11.6. The van der Waals surface area contributed by atoms with Gasteiger partial charge in [-0.1, -0.05) is 13.8 Å². The number of hydrogen-bond acceptors (Lipinski definition) is 5. The third kappa shape index (κ3) is 8.44. The summed E-state index contributed by atoms with van der Waals surface area (Å²) >= 11 is 0. The molecular weight excluding hydrogens is 324 g/mol. The second kappa shape index (κ2) is 12.0. The van der Waals surface area contributed by atoms with Crippen LogP contribution in [0.2, 0.25) is 0 Å². The molecule has 134 valence electrons. The van der Waals surface area contributed by atoms with E-state index in [9.17, 15) is 9.32 Å². The first-order valence-corrected chi connectivity index (χ1v) is 9.96. The standard InChI is InChI=1S/C18H28N2O3S/c1-3-11-24(22)12-5-10-20(4-2)14-17(21)15-23-18-8-6-16(13-19)7-9-18/h6-9,17,21H,3-5,10-12,14-15H2,1-2H3/t17-,24-/m0/s1. The van der Waals surface area contributed by atoms with E-state index < -0.39 is 16.9 Å². The van der Waals surface area contributed by atoms with Crippen molar-refractivity contribution in [3.63, 3.8) is 0 Å². The minimum atomic E-state index is -0.719. The number of hydrogen-bond donors (Lipinski definition) is 1. The Morgan fingerprint density at radius 1 is 1.29 bits per heavy atom. The second-order valence-electron chi connectivity index (χ2n) is 5.70. The molecule has 0 aliphatic carbocycles. The lowest BCUT2D eigenvalue weighted by molar-refractivity contribution is 0.0700. The summed E-state index contributed by atoms with van der Waals surface area (Å²) in [5, 5.41) is 18.9. The molecule has 0 aliphatic rings. The van der Waals surface area contributed by atoms with E-state index in [-0.39, 0.29) is 6.61 Å². The molecule has 1 N–H and O–H groups in total. The summed E-state index contributed by atoms with van der Waals surface area (Å²) in [6.07, 6.45) is 1.25. The fraction of sp³-hybridized carbons (Fsp3) is 0.611. The first-order valence-electron chi connectivity index (χ1n) is 8.47. The summed E-state index contributed by atoms with van der Waals surface area (Å²) < 4.78 is 17.2. The number of nitrogens with zero attached hydrogens (tertiary/aromatic N) is 2. The molecule has 0 unspecified atom stereocenters. The van der Waals surface area contributed by atoms with Crippen LogP contribution in [0.4, 0.5) is 0 Å². The van der Waals surface area contributed by atoms with Gasteiger partial charge >= 0.3 is 0 Å². The summed E-state index contributed by atoms with van der Waals surface area (Å²) in [5.74, 6) is 2.14. The topological polar surface area (TPSA) is 73.6 Å². The predicted molar refractivity (Wildman–Crippen MR) is 97.6 cm³/mol. The van der Waals surface area contributed by atoms with Gasteiger partial charge in [-0.15, -0.1) is 0 Å². The molecule has 5 nitrogen and oxygen atoms in total. The number of nitriles is 1. The van der Waals surface area contributed by atoms with Crippen molar-refractivity contribution in [3.8, 4) is 11.8 Å². The molecule has 0 saturated heterocycles. The Bertz CT molecular complexity index is 528. The molecule has 0 bridgehead atoms. The SMILES string of the molecule is CCC[S@](=O)CCCN(CC)C[C@H](O)COc1ccc(C#N)cc1. The van der Waals surface area contributed by atoms with E-state index in [0.717, 1.165) is 37.4 Å². The van der Waals surface area contributed by atoms with Crippen LogP contribution in [0.1, 0.15) is 32.3 Å². The van der Waals surface area contributed by atoms with Gasteiger partial charge in [0.05, 0.1) is 11.6 Å². The summed E-state index contributed by atoms with van der Waals surface area (Å²) in [4.78, 5) is 2.15. The van der Waals surface area contributed by atoms with Crippen molar-refractivity contribution in [1.82, 2.24) is 4.90 Å². The fourth-order valence-electron chi connectivity index (χ4n) is 2.33. The van der Waals surface area contributed by atoms with Gasteiger partial charge in [-0.3, -0.25) is 4.21 Å². The van der Waals surface area contributed by atoms with Crippen LogP contribution in [0.15, 0.2) is 24.3 Å². The van der Waals surface area contributed by atoms with E-state index in [4.69, 9.17) is 10.00 Å². The summed E-state index contributed by atoms with van der Waals surface area (Å²) in [6.45, 7) is 6.52. The van der Waals surface area contributed by atoms with Gasteiger partial charge in [-0.2, -0.15) is 5.26 Å². The van der Waals surface area contributed by atoms with Crippen LogP contribution >= 0.6 is 0 Å². The van der Waals surface area contributed by atoms with Crippen LogP contribution < -0.4 is 4.74 Å². The molecule has 0 aliphatic heterocycles. The molecule has 0 amide bonds. The van der Waals surface area contributed by atoms with Gasteiger partial charge in [0.15, 0.2) is 0 Å². The highest BCUT2D eigenvalue weighted by Crippen LogP contribution is 2.12. The zero-order valence-electron chi connectivity index (χ0n) is 14.6. The number of aliphatic hydroxyl groups excluding tert-OH is 1. The molecule has 1 aromatic carbocycles. The maximum absolute atomic E-state index is 11.6. The van der Waals surface area contributed by atoms with Crippen LogP contribution in [-0.4, -0.2) is 58.1 Å². The Labute approximate surface area is 147 Å². The number of benzene rings is 1.